The molecule has 0 saturated heterocycles. The number of carbonyl (C=O) groups excluding carboxylic acids is 2. The maximum absolute atomic E-state index is 12.6. The van der Waals surface area contributed by atoms with Gasteiger partial charge in [-0.05, 0) is 79.0 Å². The van der Waals surface area contributed by atoms with Gasteiger partial charge in [-0.25, -0.2) is 0 Å². The highest BCUT2D eigenvalue weighted by molar-refractivity contribution is 6.21. The Balaban J connectivity index is 1.29. The van der Waals surface area contributed by atoms with E-state index in [0.29, 0.717) is 22.4 Å². The van der Waals surface area contributed by atoms with Crippen LogP contribution in [-0.2, 0) is 11.2 Å². The number of carboxylic acids is 1. The highest BCUT2D eigenvalue weighted by Gasteiger charge is 2.36. The number of nitrogens with zero attached hydrogens (tertiary/aromatic N) is 2. The predicted octanol–water partition coefficient (Wildman–Crippen LogP) is 4.53. The second-order valence-corrected chi connectivity index (χ2v) is 9.22. The van der Waals surface area contributed by atoms with Gasteiger partial charge in [0.05, 0.1) is 22.8 Å². The number of rotatable bonds is 7. The van der Waals surface area contributed by atoms with E-state index in [9.17, 15) is 24.7 Å². The zero-order chi connectivity index (χ0) is 23.8. The van der Waals surface area contributed by atoms with Gasteiger partial charge in [0, 0.05) is 13.0 Å². The molecule has 174 valence electrons. The Morgan fingerprint density at radius 1 is 1.00 bits per heavy atom. The van der Waals surface area contributed by atoms with Gasteiger partial charge in [0.1, 0.15) is 0 Å². The van der Waals surface area contributed by atoms with Gasteiger partial charge in [0.2, 0.25) is 0 Å². The van der Waals surface area contributed by atoms with E-state index in [4.69, 9.17) is 0 Å². The smallest absolute Gasteiger partial charge is 0.306 e. The second kappa shape index (κ2) is 8.89. The lowest BCUT2D eigenvalue weighted by Crippen LogP contribution is -2.33. The number of benzene rings is 2. The Morgan fingerprint density at radius 2 is 1.71 bits per heavy atom. The Hall–Kier alpha value is -3.74. The van der Waals surface area contributed by atoms with Crippen LogP contribution in [0.4, 0.5) is 0 Å². The third-order valence-corrected chi connectivity index (χ3v) is 7.24. The zero-order valence-electron chi connectivity index (χ0n) is 18.8. The minimum Gasteiger partial charge on any atom is -0.481 e. The molecular weight excluding hydrogens is 432 g/mol. The SMILES string of the molecule is O=C(O)[C@H](CCN1C(=O)c2ccccc2C1=O)CC(=NO)c1ccc2c(c1)CC1=C2CCCC1. The van der Waals surface area contributed by atoms with Crippen molar-refractivity contribution in [3.63, 3.8) is 0 Å². The van der Waals surface area contributed by atoms with Gasteiger partial charge < -0.3 is 10.3 Å². The van der Waals surface area contributed by atoms with E-state index in [2.05, 4.69) is 11.2 Å². The predicted molar refractivity (Wildman–Crippen MR) is 126 cm³/mol. The fourth-order valence-electron chi connectivity index (χ4n) is 5.42. The first-order chi connectivity index (χ1) is 16.5. The molecule has 7 nitrogen and oxygen atoms in total. The molecule has 0 unspecified atom stereocenters. The van der Waals surface area contributed by atoms with Crippen LogP contribution in [0.5, 0.6) is 0 Å². The minimum atomic E-state index is -1.06. The van der Waals surface area contributed by atoms with Gasteiger partial charge in [-0.1, -0.05) is 35.0 Å². The maximum Gasteiger partial charge on any atom is 0.306 e. The van der Waals surface area contributed by atoms with Crippen molar-refractivity contribution in [3.05, 3.63) is 75.9 Å². The van der Waals surface area contributed by atoms with Crippen LogP contribution in [0.3, 0.4) is 0 Å². The van der Waals surface area contributed by atoms with E-state index in [-0.39, 0.29) is 19.4 Å². The number of imide groups is 1. The molecule has 0 saturated carbocycles. The Labute approximate surface area is 197 Å². The standard InChI is InChI=1S/C27H26N2O5/c30-25-22-7-3-4-8-23(22)26(31)29(25)12-11-18(27(32)33)15-24(28-34)17-9-10-21-19(14-17)13-16-5-1-2-6-20(16)21/h3-4,7-10,14,18,34H,1-2,5-6,11-13,15H2,(H,32,33)/t18-/m1/s1. The first kappa shape index (κ1) is 22.1. The van der Waals surface area contributed by atoms with Crippen molar-refractivity contribution in [3.8, 4) is 0 Å². The molecule has 1 aliphatic heterocycles. The molecule has 7 heteroatoms. The summed E-state index contributed by atoms with van der Waals surface area (Å²) in [7, 11) is 0. The van der Waals surface area contributed by atoms with Gasteiger partial charge in [-0.2, -0.15) is 0 Å². The Bertz CT molecular complexity index is 1220. The normalized spacial score (nSPS) is 18.1. The molecule has 0 bridgehead atoms. The summed E-state index contributed by atoms with van der Waals surface area (Å²) in [5.74, 6) is -2.78. The highest BCUT2D eigenvalue weighted by atomic mass is 16.4. The van der Waals surface area contributed by atoms with Crippen LogP contribution in [-0.4, -0.2) is 45.3 Å². The van der Waals surface area contributed by atoms with E-state index in [1.807, 2.05) is 12.1 Å². The molecule has 1 atom stereocenters. The largest absolute Gasteiger partial charge is 0.481 e. The summed E-state index contributed by atoms with van der Waals surface area (Å²) >= 11 is 0. The first-order valence-electron chi connectivity index (χ1n) is 11.7. The molecule has 2 aliphatic carbocycles. The van der Waals surface area contributed by atoms with Gasteiger partial charge >= 0.3 is 5.97 Å². The van der Waals surface area contributed by atoms with E-state index >= 15 is 0 Å². The number of carbonyl (C=O) groups is 3. The number of hydrogen-bond acceptors (Lipinski definition) is 5. The molecule has 0 spiro atoms. The quantitative estimate of drug-likeness (QED) is 0.274. The monoisotopic (exact) mass is 458 g/mol. The molecule has 3 aliphatic rings. The van der Waals surface area contributed by atoms with Crippen LogP contribution >= 0.6 is 0 Å². The number of aliphatic carboxylic acids is 1. The van der Waals surface area contributed by atoms with Gasteiger partial charge in [-0.15, -0.1) is 0 Å². The molecule has 5 rings (SSSR count). The summed E-state index contributed by atoms with van der Waals surface area (Å²) in [6.07, 6.45) is 5.62. The molecule has 34 heavy (non-hydrogen) atoms. The molecule has 0 radical (unpaired) electrons. The lowest BCUT2D eigenvalue weighted by molar-refractivity contribution is -0.141. The van der Waals surface area contributed by atoms with Crippen LogP contribution in [0.15, 0.2) is 53.2 Å². The van der Waals surface area contributed by atoms with E-state index in [1.54, 1.807) is 24.3 Å². The van der Waals surface area contributed by atoms with Crippen LogP contribution < -0.4 is 0 Å². The summed E-state index contributed by atoms with van der Waals surface area (Å²) in [6.45, 7) is -0.0111. The number of allylic oxidation sites excluding steroid dienone is 2. The van der Waals surface area contributed by atoms with Crippen molar-refractivity contribution < 1.29 is 24.7 Å². The molecule has 2 aromatic rings. The summed E-state index contributed by atoms with van der Waals surface area (Å²) in [4.78, 5) is 38.3. The second-order valence-electron chi connectivity index (χ2n) is 9.22. The van der Waals surface area contributed by atoms with Crippen molar-refractivity contribution >= 4 is 29.1 Å². The first-order valence-corrected chi connectivity index (χ1v) is 11.7. The molecule has 1 heterocycles. The van der Waals surface area contributed by atoms with Crippen LogP contribution in [0.1, 0.15) is 75.9 Å². The van der Waals surface area contributed by atoms with Gasteiger partial charge in [0.15, 0.2) is 0 Å². The van der Waals surface area contributed by atoms with Crippen molar-refractivity contribution in [1.82, 2.24) is 4.90 Å². The third-order valence-electron chi connectivity index (χ3n) is 7.24. The third kappa shape index (κ3) is 3.81. The topological polar surface area (TPSA) is 107 Å². The molecule has 2 N–H and O–H groups in total. The molecule has 0 aromatic heterocycles. The number of hydrogen-bond donors (Lipinski definition) is 2. The maximum atomic E-state index is 12.6. The summed E-state index contributed by atoms with van der Waals surface area (Å²) in [6, 6.07) is 12.5. The lowest BCUT2D eigenvalue weighted by Gasteiger charge is -2.18. The molecular formula is C27H26N2O5. The fourth-order valence-corrected chi connectivity index (χ4v) is 5.42. The van der Waals surface area contributed by atoms with Crippen LogP contribution in [0, 0.1) is 5.92 Å². The number of amides is 2. The van der Waals surface area contributed by atoms with Crippen molar-refractivity contribution in [2.45, 2.75) is 44.9 Å². The van der Waals surface area contributed by atoms with Crippen molar-refractivity contribution in [1.29, 1.82) is 0 Å². The highest BCUT2D eigenvalue weighted by Crippen LogP contribution is 2.41. The van der Waals surface area contributed by atoms with E-state index in [1.165, 1.54) is 35.1 Å². The Morgan fingerprint density at radius 3 is 2.38 bits per heavy atom. The van der Waals surface area contributed by atoms with Crippen LogP contribution in [0.2, 0.25) is 0 Å². The minimum absolute atomic E-state index is 0.000925. The number of fused-ring (bicyclic) bond motifs is 3. The fraction of sp³-hybridized carbons (Fsp3) is 0.333. The summed E-state index contributed by atoms with van der Waals surface area (Å²) in [5, 5.41) is 23.0. The van der Waals surface area contributed by atoms with Crippen molar-refractivity contribution in [2.75, 3.05) is 6.54 Å². The van der Waals surface area contributed by atoms with E-state index < -0.39 is 23.7 Å². The lowest BCUT2D eigenvalue weighted by atomic mass is 9.91. The number of carboxylic acid groups (broad SMARTS) is 1. The van der Waals surface area contributed by atoms with Crippen molar-refractivity contribution in [2.24, 2.45) is 11.1 Å². The van der Waals surface area contributed by atoms with E-state index in [0.717, 1.165) is 24.2 Å². The zero-order valence-corrected chi connectivity index (χ0v) is 18.8. The van der Waals surface area contributed by atoms with Crippen LogP contribution in [0.25, 0.3) is 5.57 Å². The molecule has 2 aromatic carbocycles. The summed E-state index contributed by atoms with van der Waals surface area (Å²) < 4.78 is 0. The Kier molecular flexibility index (Phi) is 5.77. The van der Waals surface area contributed by atoms with Gasteiger partial charge in [-0.3, -0.25) is 19.3 Å². The average Bonchev–Trinajstić information content (AvgIpc) is 3.34. The summed E-state index contributed by atoms with van der Waals surface area (Å²) in [5.41, 5.74) is 7.07. The molecule has 0 fully saturated rings. The average molecular weight is 459 g/mol. The number of oxime groups is 1. The molecule has 2 amide bonds. The van der Waals surface area contributed by atoms with Gasteiger partial charge in [0.25, 0.3) is 11.8 Å².